The van der Waals surface area contributed by atoms with Crippen molar-refractivity contribution in [1.82, 2.24) is 5.32 Å². The Morgan fingerprint density at radius 2 is 2.38 bits per heavy atom. The first-order chi connectivity index (χ1) is 6.13. The highest BCUT2D eigenvalue weighted by Crippen LogP contribution is 2.18. The van der Waals surface area contributed by atoms with Gasteiger partial charge in [0.2, 0.25) is 0 Å². The number of carboxylic acid groups (broad SMARTS) is 1. The molecule has 3 unspecified atom stereocenters. The number of aliphatic carboxylic acids is 1. The second kappa shape index (κ2) is 4.42. The van der Waals surface area contributed by atoms with Crippen LogP contribution < -0.4 is 5.32 Å². The molecule has 0 radical (unpaired) electrons. The minimum absolute atomic E-state index is 0.246. The summed E-state index contributed by atoms with van der Waals surface area (Å²) < 4.78 is 0. The molecule has 3 nitrogen and oxygen atoms in total. The van der Waals surface area contributed by atoms with E-state index in [0.29, 0.717) is 12.5 Å². The summed E-state index contributed by atoms with van der Waals surface area (Å²) in [7, 11) is 0. The highest BCUT2D eigenvalue weighted by atomic mass is 16.4. The number of carboxylic acids is 1. The minimum Gasteiger partial charge on any atom is -0.481 e. The Hall–Kier alpha value is -0.830. The lowest BCUT2D eigenvalue weighted by molar-refractivity contribution is -0.140. The lowest BCUT2D eigenvalue weighted by Gasteiger charge is -2.17. The van der Waals surface area contributed by atoms with Gasteiger partial charge in [-0.25, -0.2) is 0 Å². The van der Waals surface area contributed by atoms with Gasteiger partial charge in [-0.1, -0.05) is 19.1 Å². The van der Waals surface area contributed by atoms with E-state index in [1.165, 1.54) is 0 Å². The quantitative estimate of drug-likeness (QED) is 0.648. The van der Waals surface area contributed by atoms with Gasteiger partial charge in [-0.3, -0.25) is 4.79 Å². The number of nitrogens with one attached hydrogen (secondary N) is 1. The minimum atomic E-state index is -0.718. The molecule has 3 heteroatoms. The molecule has 13 heavy (non-hydrogen) atoms. The highest BCUT2D eigenvalue weighted by molar-refractivity contribution is 5.73. The zero-order valence-corrected chi connectivity index (χ0v) is 8.16. The smallest absolute Gasteiger partial charge is 0.310 e. The van der Waals surface area contributed by atoms with Crippen LogP contribution >= 0.6 is 0 Å². The first-order valence-electron chi connectivity index (χ1n) is 4.80. The molecule has 0 aromatic rings. The van der Waals surface area contributed by atoms with E-state index in [-0.39, 0.29) is 12.0 Å². The maximum atomic E-state index is 10.6. The summed E-state index contributed by atoms with van der Waals surface area (Å²) >= 11 is 0. The summed E-state index contributed by atoms with van der Waals surface area (Å²) in [5, 5.41) is 12.1. The first kappa shape index (κ1) is 10.3. The molecule has 3 atom stereocenters. The van der Waals surface area contributed by atoms with Gasteiger partial charge in [0.15, 0.2) is 0 Å². The predicted molar refractivity (Wildman–Crippen MR) is 51.6 cm³/mol. The molecule has 0 aliphatic heterocycles. The van der Waals surface area contributed by atoms with Crippen LogP contribution in [0.2, 0.25) is 0 Å². The number of hydrogen-bond donors (Lipinski definition) is 2. The summed E-state index contributed by atoms with van der Waals surface area (Å²) in [4.78, 5) is 10.6. The zero-order chi connectivity index (χ0) is 9.84. The maximum absolute atomic E-state index is 10.6. The SMILES string of the molecule is CCC(C)NC1C=CC(C(=O)O)C1. The van der Waals surface area contributed by atoms with E-state index in [2.05, 4.69) is 19.2 Å². The standard InChI is InChI=1S/C10H17NO2/c1-3-7(2)11-9-5-4-8(6-9)10(12)13/h4-5,7-9,11H,3,6H2,1-2H3,(H,12,13). The topological polar surface area (TPSA) is 49.3 Å². The van der Waals surface area contributed by atoms with Crippen molar-refractivity contribution < 1.29 is 9.90 Å². The van der Waals surface area contributed by atoms with E-state index in [0.717, 1.165) is 6.42 Å². The monoisotopic (exact) mass is 183 g/mol. The Morgan fingerprint density at radius 3 is 2.85 bits per heavy atom. The molecular weight excluding hydrogens is 166 g/mol. The average molecular weight is 183 g/mol. The van der Waals surface area contributed by atoms with Crippen LogP contribution in [-0.4, -0.2) is 23.2 Å². The molecule has 74 valence electrons. The average Bonchev–Trinajstić information content (AvgIpc) is 2.52. The Labute approximate surface area is 78.8 Å². The number of carbonyl (C=O) groups is 1. The van der Waals surface area contributed by atoms with Crippen molar-refractivity contribution in [2.24, 2.45) is 5.92 Å². The van der Waals surface area contributed by atoms with Crippen molar-refractivity contribution in [3.8, 4) is 0 Å². The molecule has 2 N–H and O–H groups in total. The molecule has 0 fully saturated rings. The molecular formula is C10H17NO2. The van der Waals surface area contributed by atoms with E-state index in [9.17, 15) is 4.79 Å². The Kier molecular flexibility index (Phi) is 3.48. The predicted octanol–water partition coefficient (Wildman–Crippen LogP) is 1.40. The lowest BCUT2D eigenvalue weighted by atomic mass is 10.1. The van der Waals surface area contributed by atoms with Crippen molar-refractivity contribution in [2.75, 3.05) is 0 Å². The van der Waals surface area contributed by atoms with Gasteiger partial charge in [-0.05, 0) is 19.8 Å². The van der Waals surface area contributed by atoms with Gasteiger partial charge in [0.25, 0.3) is 0 Å². The third-order valence-electron chi connectivity index (χ3n) is 2.51. The van der Waals surface area contributed by atoms with Crippen LogP contribution in [0.4, 0.5) is 0 Å². The molecule has 0 spiro atoms. The highest BCUT2D eigenvalue weighted by Gasteiger charge is 2.24. The van der Waals surface area contributed by atoms with E-state index in [1.54, 1.807) is 6.08 Å². The van der Waals surface area contributed by atoms with Crippen molar-refractivity contribution >= 4 is 5.97 Å². The Balaban J connectivity index is 2.34. The Morgan fingerprint density at radius 1 is 1.69 bits per heavy atom. The van der Waals surface area contributed by atoms with Crippen LogP contribution in [0.15, 0.2) is 12.2 Å². The molecule has 0 aromatic carbocycles. The molecule has 1 aliphatic carbocycles. The summed E-state index contributed by atoms with van der Waals surface area (Å²) in [6.45, 7) is 4.23. The van der Waals surface area contributed by atoms with Crippen LogP contribution in [0.25, 0.3) is 0 Å². The summed E-state index contributed by atoms with van der Waals surface area (Å²) in [6.07, 6.45) is 5.51. The summed E-state index contributed by atoms with van der Waals surface area (Å²) in [6, 6.07) is 0.707. The van der Waals surface area contributed by atoms with Crippen LogP contribution in [0.5, 0.6) is 0 Å². The van der Waals surface area contributed by atoms with Crippen molar-refractivity contribution in [3.63, 3.8) is 0 Å². The van der Waals surface area contributed by atoms with Gasteiger partial charge >= 0.3 is 5.97 Å². The Bertz CT molecular complexity index is 213. The molecule has 1 rings (SSSR count). The van der Waals surface area contributed by atoms with Gasteiger partial charge in [0.1, 0.15) is 0 Å². The van der Waals surface area contributed by atoms with Crippen molar-refractivity contribution in [3.05, 3.63) is 12.2 Å². The molecule has 0 heterocycles. The normalized spacial score (nSPS) is 29.1. The second-order valence-corrected chi connectivity index (χ2v) is 3.65. The molecule has 0 amide bonds. The van der Waals surface area contributed by atoms with Gasteiger partial charge in [0, 0.05) is 12.1 Å². The maximum Gasteiger partial charge on any atom is 0.310 e. The third-order valence-corrected chi connectivity index (χ3v) is 2.51. The van der Waals surface area contributed by atoms with Crippen LogP contribution in [0.3, 0.4) is 0 Å². The van der Waals surface area contributed by atoms with Gasteiger partial charge < -0.3 is 10.4 Å². The van der Waals surface area contributed by atoms with Crippen molar-refractivity contribution in [2.45, 2.75) is 38.8 Å². The molecule has 0 bridgehead atoms. The number of rotatable bonds is 4. The van der Waals surface area contributed by atoms with Crippen LogP contribution in [0, 0.1) is 5.92 Å². The fourth-order valence-electron chi connectivity index (χ4n) is 1.49. The zero-order valence-electron chi connectivity index (χ0n) is 8.16. The van der Waals surface area contributed by atoms with E-state index >= 15 is 0 Å². The van der Waals surface area contributed by atoms with Gasteiger partial charge in [-0.15, -0.1) is 0 Å². The lowest BCUT2D eigenvalue weighted by Crippen LogP contribution is -2.34. The third kappa shape index (κ3) is 2.84. The van der Waals surface area contributed by atoms with E-state index in [4.69, 9.17) is 5.11 Å². The summed E-state index contributed by atoms with van der Waals surface area (Å²) in [5.41, 5.74) is 0. The summed E-state index contributed by atoms with van der Waals surface area (Å²) in [5.74, 6) is -1.01. The van der Waals surface area contributed by atoms with Crippen molar-refractivity contribution in [1.29, 1.82) is 0 Å². The van der Waals surface area contributed by atoms with E-state index < -0.39 is 5.97 Å². The van der Waals surface area contributed by atoms with Gasteiger partial charge in [0.05, 0.1) is 5.92 Å². The fourth-order valence-corrected chi connectivity index (χ4v) is 1.49. The second-order valence-electron chi connectivity index (χ2n) is 3.65. The fraction of sp³-hybridized carbons (Fsp3) is 0.700. The number of hydrogen-bond acceptors (Lipinski definition) is 2. The molecule has 0 aromatic heterocycles. The molecule has 0 saturated carbocycles. The molecule has 1 aliphatic rings. The molecule has 0 saturated heterocycles. The van der Waals surface area contributed by atoms with Crippen LogP contribution in [-0.2, 0) is 4.79 Å². The first-order valence-corrected chi connectivity index (χ1v) is 4.80. The van der Waals surface area contributed by atoms with E-state index in [1.807, 2.05) is 6.08 Å². The van der Waals surface area contributed by atoms with Gasteiger partial charge in [-0.2, -0.15) is 0 Å². The van der Waals surface area contributed by atoms with Crippen LogP contribution in [0.1, 0.15) is 26.7 Å². The largest absolute Gasteiger partial charge is 0.481 e.